The summed E-state index contributed by atoms with van der Waals surface area (Å²) in [6.07, 6.45) is 7.09. The molecule has 3 aliphatic rings. The summed E-state index contributed by atoms with van der Waals surface area (Å²) in [7, 11) is 0. The lowest BCUT2D eigenvalue weighted by Gasteiger charge is -2.34. The summed E-state index contributed by atoms with van der Waals surface area (Å²) >= 11 is 5.23. The van der Waals surface area contributed by atoms with Gasteiger partial charge in [-0.15, -0.1) is 11.8 Å². The summed E-state index contributed by atoms with van der Waals surface area (Å²) in [6, 6.07) is 8.12. The third-order valence-electron chi connectivity index (χ3n) is 5.68. The number of fused-ring (bicyclic) bond motifs is 1. The van der Waals surface area contributed by atoms with Gasteiger partial charge in [0.05, 0.1) is 0 Å². The Bertz CT molecular complexity index is 675. The zero-order chi connectivity index (χ0) is 17.4. The molecule has 2 heterocycles. The summed E-state index contributed by atoms with van der Waals surface area (Å²) in [5.41, 5.74) is 1.12. The van der Waals surface area contributed by atoms with Gasteiger partial charge < -0.3 is 10.2 Å². The quantitative estimate of drug-likeness (QED) is 0.805. The lowest BCUT2D eigenvalue weighted by Crippen LogP contribution is -2.52. The smallest absolute Gasteiger partial charge is 0.243 e. The lowest BCUT2D eigenvalue weighted by atomic mass is 9.95. The molecule has 1 aromatic rings. The molecular weight excluding hydrogens is 400 g/mol. The summed E-state index contributed by atoms with van der Waals surface area (Å²) in [5, 5.41) is 3.22. The van der Waals surface area contributed by atoms with Crippen LogP contribution >= 0.6 is 27.7 Å². The van der Waals surface area contributed by atoms with Gasteiger partial charge in [0, 0.05) is 22.7 Å². The topological polar surface area (TPSA) is 49.4 Å². The van der Waals surface area contributed by atoms with Crippen LogP contribution in [0, 0.1) is 0 Å². The number of halogens is 1. The highest BCUT2D eigenvalue weighted by Crippen LogP contribution is 2.54. The summed E-state index contributed by atoms with van der Waals surface area (Å²) in [6.45, 7) is 0. The second-order valence-electron chi connectivity index (χ2n) is 7.23. The fraction of sp³-hybridized carbons (Fsp3) is 0.579. The van der Waals surface area contributed by atoms with Gasteiger partial charge >= 0.3 is 0 Å². The second kappa shape index (κ2) is 6.95. The van der Waals surface area contributed by atoms with Gasteiger partial charge in [-0.1, -0.05) is 47.3 Å². The van der Waals surface area contributed by atoms with Crippen LogP contribution in [0.25, 0.3) is 0 Å². The predicted molar refractivity (Wildman–Crippen MR) is 103 cm³/mol. The highest BCUT2D eigenvalue weighted by Gasteiger charge is 2.56. The Kier molecular flexibility index (Phi) is 4.84. The summed E-state index contributed by atoms with van der Waals surface area (Å²) in [4.78, 5) is 27.0. The highest BCUT2D eigenvalue weighted by molar-refractivity contribution is 9.10. The van der Waals surface area contributed by atoms with Crippen LogP contribution in [-0.4, -0.2) is 34.6 Å². The number of nitrogens with one attached hydrogen (secondary N) is 1. The Morgan fingerprint density at radius 2 is 1.92 bits per heavy atom. The number of hydrogen-bond donors (Lipinski definition) is 1. The minimum Gasteiger partial charge on any atom is -0.352 e. The van der Waals surface area contributed by atoms with E-state index in [1.165, 1.54) is 19.3 Å². The molecule has 134 valence electrons. The van der Waals surface area contributed by atoms with E-state index in [1.807, 2.05) is 17.0 Å². The van der Waals surface area contributed by atoms with Crippen LogP contribution in [0.1, 0.15) is 50.5 Å². The van der Waals surface area contributed by atoms with Gasteiger partial charge in [-0.25, -0.2) is 0 Å². The first kappa shape index (κ1) is 17.4. The van der Waals surface area contributed by atoms with Crippen molar-refractivity contribution in [3.8, 4) is 0 Å². The zero-order valence-corrected chi connectivity index (χ0v) is 16.6. The monoisotopic (exact) mass is 422 g/mol. The third-order valence-corrected chi connectivity index (χ3v) is 7.80. The number of benzene rings is 1. The molecular formula is C19H23BrN2O2S. The standard InChI is InChI=1S/C19H23BrN2O2S/c20-14-8-6-13(7-9-14)19-11-10-17(23)22(19)16(12-25-19)18(24)21-15-4-2-1-3-5-15/h6-9,15-16H,1-5,10-12H2,(H,21,24)/t16-,19+/m1/s1. The molecule has 4 nitrogen and oxygen atoms in total. The van der Waals surface area contributed by atoms with E-state index in [0.717, 1.165) is 29.3 Å². The van der Waals surface area contributed by atoms with Crippen LogP contribution in [0.4, 0.5) is 0 Å². The number of carbonyl (C=O) groups excluding carboxylic acids is 2. The summed E-state index contributed by atoms with van der Waals surface area (Å²) in [5.74, 6) is 0.825. The van der Waals surface area contributed by atoms with Gasteiger partial charge in [-0.2, -0.15) is 0 Å². The molecule has 2 aliphatic heterocycles. The van der Waals surface area contributed by atoms with Crippen LogP contribution in [0.15, 0.2) is 28.7 Å². The second-order valence-corrected chi connectivity index (χ2v) is 9.44. The van der Waals surface area contributed by atoms with Crippen LogP contribution < -0.4 is 5.32 Å². The molecule has 1 saturated carbocycles. The molecule has 1 N–H and O–H groups in total. The van der Waals surface area contributed by atoms with Crippen molar-refractivity contribution in [2.75, 3.05) is 5.75 Å². The van der Waals surface area contributed by atoms with Gasteiger partial charge in [-0.3, -0.25) is 9.59 Å². The average molecular weight is 423 g/mol. The van der Waals surface area contributed by atoms with E-state index in [0.29, 0.717) is 12.2 Å². The number of amides is 2. The highest BCUT2D eigenvalue weighted by atomic mass is 79.9. The van der Waals surface area contributed by atoms with Gasteiger partial charge in [0.2, 0.25) is 11.8 Å². The molecule has 2 amide bonds. The Hall–Kier alpha value is -1.01. The van der Waals surface area contributed by atoms with Crippen molar-refractivity contribution in [2.24, 2.45) is 0 Å². The molecule has 2 saturated heterocycles. The van der Waals surface area contributed by atoms with E-state index in [2.05, 4.69) is 33.4 Å². The SMILES string of the molecule is O=C(NC1CCCCC1)[C@H]1CS[C@]2(c3ccc(Br)cc3)CCC(=O)N12. The maximum absolute atomic E-state index is 12.9. The Labute approximate surface area is 161 Å². The molecule has 0 radical (unpaired) electrons. The first-order chi connectivity index (χ1) is 12.1. The van der Waals surface area contributed by atoms with E-state index in [4.69, 9.17) is 0 Å². The van der Waals surface area contributed by atoms with E-state index in [9.17, 15) is 9.59 Å². The number of thioether (sulfide) groups is 1. The summed E-state index contributed by atoms with van der Waals surface area (Å²) < 4.78 is 1.03. The van der Waals surface area contributed by atoms with Crippen molar-refractivity contribution in [3.63, 3.8) is 0 Å². The number of carbonyl (C=O) groups is 2. The molecule has 25 heavy (non-hydrogen) atoms. The third kappa shape index (κ3) is 3.12. The average Bonchev–Trinajstić information content (AvgIpc) is 3.16. The molecule has 1 aromatic carbocycles. The molecule has 1 aliphatic carbocycles. The van der Waals surface area contributed by atoms with Crippen LogP contribution in [0.5, 0.6) is 0 Å². The van der Waals surface area contributed by atoms with Crippen LogP contribution in [0.2, 0.25) is 0 Å². The molecule has 3 fully saturated rings. The first-order valence-corrected chi connectivity index (χ1v) is 10.9. The maximum atomic E-state index is 12.9. The lowest BCUT2D eigenvalue weighted by molar-refractivity contribution is -0.138. The number of rotatable bonds is 3. The Balaban J connectivity index is 1.56. The number of hydrogen-bond acceptors (Lipinski definition) is 3. The molecule has 0 aromatic heterocycles. The van der Waals surface area contributed by atoms with Crippen molar-refractivity contribution in [2.45, 2.75) is 61.9 Å². The molecule has 4 rings (SSSR count). The van der Waals surface area contributed by atoms with E-state index >= 15 is 0 Å². The fourth-order valence-electron chi connectivity index (χ4n) is 4.39. The van der Waals surface area contributed by atoms with Crippen LogP contribution in [0.3, 0.4) is 0 Å². The van der Waals surface area contributed by atoms with Gasteiger partial charge in [0.15, 0.2) is 0 Å². The largest absolute Gasteiger partial charge is 0.352 e. The van der Waals surface area contributed by atoms with E-state index < -0.39 is 0 Å². The van der Waals surface area contributed by atoms with E-state index in [1.54, 1.807) is 11.8 Å². The maximum Gasteiger partial charge on any atom is 0.243 e. The van der Waals surface area contributed by atoms with Crippen molar-refractivity contribution < 1.29 is 9.59 Å². The Morgan fingerprint density at radius 3 is 2.64 bits per heavy atom. The van der Waals surface area contributed by atoms with Crippen molar-refractivity contribution in [1.82, 2.24) is 10.2 Å². The molecule has 0 spiro atoms. The van der Waals surface area contributed by atoms with Crippen molar-refractivity contribution >= 4 is 39.5 Å². The molecule has 0 unspecified atom stereocenters. The van der Waals surface area contributed by atoms with E-state index in [-0.39, 0.29) is 28.8 Å². The number of nitrogens with zero attached hydrogens (tertiary/aromatic N) is 1. The van der Waals surface area contributed by atoms with Crippen LogP contribution in [-0.2, 0) is 14.5 Å². The molecule has 0 bridgehead atoms. The minimum absolute atomic E-state index is 0.0358. The van der Waals surface area contributed by atoms with Gasteiger partial charge in [0.25, 0.3) is 0 Å². The van der Waals surface area contributed by atoms with Crippen molar-refractivity contribution in [1.29, 1.82) is 0 Å². The normalized spacial score (nSPS) is 29.7. The van der Waals surface area contributed by atoms with Crippen molar-refractivity contribution in [3.05, 3.63) is 34.3 Å². The Morgan fingerprint density at radius 1 is 1.20 bits per heavy atom. The van der Waals surface area contributed by atoms with Gasteiger partial charge in [-0.05, 0) is 37.0 Å². The van der Waals surface area contributed by atoms with Gasteiger partial charge in [0.1, 0.15) is 10.9 Å². The molecule has 6 heteroatoms. The first-order valence-electron chi connectivity index (χ1n) is 9.13. The predicted octanol–water partition coefficient (Wildman–Crippen LogP) is 3.79. The fourth-order valence-corrected chi connectivity index (χ4v) is 6.31. The molecule has 2 atom stereocenters. The minimum atomic E-state index is -0.369. The zero-order valence-electron chi connectivity index (χ0n) is 14.2.